The molecule has 1 heterocycles. The fourth-order valence-corrected chi connectivity index (χ4v) is 4.24. The van der Waals surface area contributed by atoms with Gasteiger partial charge in [-0.3, -0.25) is 29.9 Å². The van der Waals surface area contributed by atoms with Crippen molar-refractivity contribution in [3.8, 4) is 5.75 Å². The number of ether oxygens (including phenoxy) is 1. The lowest BCUT2D eigenvalue weighted by molar-refractivity contribution is -0.385. The first-order chi connectivity index (χ1) is 14.1. The molecule has 0 atom stereocenters. The Hall–Kier alpha value is -2.28. The molecule has 1 fully saturated rings. The van der Waals surface area contributed by atoms with Crippen molar-refractivity contribution < 1.29 is 19.2 Å². The number of amides is 2. The molecule has 1 aliphatic heterocycles. The molecule has 0 saturated carbocycles. The predicted molar refractivity (Wildman–Crippen MR) is 125 cm³/mol. The Kier molecular flexibility index (Phi) is 6.60. The molecule has 8 nitrogen and oxygen atoms in total. The molecule has 154 valence electrons. The number of rotatable bonds is 4. The van der Waals surface area contributed by atoms with Gasteiger partial charge in [0.1, 0.15) is 5.57 Å². The number of nitrogens with one attached hydrogen (secondary N) is 1. The van der Waals surface area contributed by atoms with E-state index in [2.05, 4.69) is 5.32 Å². The molecule has 0 unspecified atom stereocenters. The molecule has 0 spiro atoms. The van der Waals surface area contributed by atoms with Crippen LogP contribution in [0, 0.1) is 13.7 Å². The standard InChI is InChI=1S/C18H10Cl2IN3O5S/c1-29-15-11(21)6-8(7-13(15)24(27)28)5-9-16(25)22-18(30)23(17(9)26)12-4-2-3-10(19)14(12)20/h2-7H,1H3,(H,22,25,30)/b9-5+. The number of nitro groups is 1. The molecule has 30 heavy (non-hydrogen) atoms. The third-order valence-corrected chi connectivity index (χ3v) is 5.93. The lowest BCUT2D eigenvalue weighted by atomic mass is 10.1. The Morgan fingerprint density at radius 1 is 1.30 bits per heavy atom. The zero-order valence-electron chi connectivity index (χ0n) is 14.9. The first kappa shape index (κ1) is 22.4. The molecule has 2 aromatic carbocycles. The van der Waals surface area contributed by atoms with E-state index in [-0.39, 0.29) is 43.4 Å². The Labute approximate surface area is 199 Å². The number of hydrogen-bond donors (Lipinski definition) is 1. The fourth-order valence-electron chi connectivity index (χ4n) is 2.73. The van der Waals surface area contributed by atoms with Crippen LogP contribution in [-0.4, -0.2) is 29.0 Å². The number of benzene rings is 2. The lowest BCUT2D eigenvalue weighted by Gasteiger charge is -2.29. The number of carbonyl (C=O) groups excluding carboxylic acids is 2. The first-order valence-electron chi connectivity index (χ1n) is 8.03. The van der Waals surface area contributed by atoms with Crippen molar-refractivity contribution in [2.75, 3.05) is 12.0 Å². The average molecular weight is 578 g/mol. The minimum Gasteiger partial charge on any atom is -0.489 e. The zero-order valence-corrected chi connectivity index (χ0v) is 19.4. The molecule has 2 amide bonds. The molecule has 1 saturated heterocycles. The van der Waals surface area contributed by atoms with Crippen LogP contribution in [0.1, 0.15) is 5.56 Å². The van der Waals surface area contributed by atoms with Gasteiger partial charge < -0.3 is 4.74 Å². The summed E-state index contributed by atoms with van der Waals surface area (Å²) in [5, 5.41) is 13.9. The minimum atomic E-state index is -0.749. The smallest absolute Gasteiger partial charge is 0.312 e. The van der Waals surface area contributed by atoms with Gasteiger partial charge in [0, 0.05) is 6.07 Å². The van der Waals surface area contributed by atoms with E-state index < -0.39 is 16.7 Å². The summed E-state index contributed by atoms with van der Waals surface area (Å²) >= 11 is 19.2. The molecule has 0 radical (unpaired) electrons. The molecule has 0 bridgehead atoms. The summed E-state index contributed by atoms with van der Waals surface area (Å²) in [5.74, 6) is -1.41. The monoisotopic (exact) mass is 577 g/mol. The van der Waals surface area contributed by atoms with Crippen LogP contribution in [0.3, 0.4) is 0 Å². The highest BCUT2D eigenvalue weighted by molar-refractivity contribution is 14.1. The SMILES string of the molecule is COc1c(I)cc(/C=C2\C(=O)NC(=S)N(c3cccc(Cl)c3Cl)C2=O)cc1[N+](=O)[O-]. The summed E-state index contributed by atoms with van der Waals surface area (Å²) in [4.78, 5) is 37.3. The van der Waals surface area contributed by atoms with Crippen LogP contribution in [-0.2, 0) is 9.59 Å². The van der Waals surface area contributed by atoms with Crippen molar-refractivity contribution >= 4 is 92.4 Å². The van der Waals surface area contributed by atoms with Gasteiger partial charge in [-0.25, -0.2) is 0 Å². The van der Waals surface area contributed by atoms with Gasteiger partial charge in [-0.2, -0.15) is 0 Å². The summed E-state index contributed by atoms with van der Waals surface area (Å²) in [6, 6.07) is 7.39. The fraction of sp³-hybridized carbons (Fsp3) is 0.0556. The van der Waals surface area contributed by atoms with Gasteiger partial charge in [0.15, 0.2) is 5.11 Å². The largest absolute Gasteiger partial charge is 0.489 e. The van der Waals surface area contributed by atoms with Crippen LogP contribution in [0.2, 0.25) is 10.0 Å². The molecule has 0 aliphatic carbocycles. The van der Waals surface area contributed by atoms with Crippen molar-refractivity contribution in [3.05, 3.63) is 65.2 Å². The van der Waals surface area contributed by atoms with E-state index in [9.17, 15) is 19.7 Å². The number of hydrogen-bond acceptors (Lipinski definition) is 6. The van der Waals surface area contributed by atoms with E-state index in [0.717, 1.165) is 4.90 Å². The van der Waals surface area contributed by atoms with Gasteiger partial charge in [0.25, 0.3) is 11.8 Å². The maximum Gasteiger partial charge on any atom is 0.312 e. The van der Waals surface area contributed by atoms with Crippen molar-refractivity contribution in [2.45, 2.75) is 0 Å². The van der Waals surface area contributed by atoms with Crippen LogP contribution >= 0.6 is 58.0 Å². The van der Waals surface area contributed by atoms with Crippen LogP contribution in [0.4, 0.5) is 11.4 Å². The van der Waals surface area contributed by atoms with Crippen molar-refractivity contribution in [2.24, 2.45) is 0 Å². The highest BCUT2D eigenvalue weighted by Crippen LogP contribution is 2.36. The van der Waals surface area contributed by atoms with E-state index in [1.807, 2.05) is 22.6 Å². The van der Waals surface area contributed by atoms with Gasteiger partial charge in [0.2, 0.25) is 5.75 Å². The van der Waals surface area contributed by atoms with Gasteiger partial charge in [-0.05, 0) is 64.6 Å². The van der Waals surface area contributed by atoms with E-state index >= 15 is 0 Å². The maximum atomic E-state index is 13.1. The summed E-state index contributed by atoms with van der Waals surface area (Å²) < 4.78 is 5.50. The zero-order chi connectivity index (χ0) is 22.2. The van der Waals surface area contributed by atoms with E-state index in [4.69, 9.17) is 40.2 Å². The van der Waals surface area contributed by atoms with E-state index in [1.54, 1.807) is 18.2 Å². The number of thiocarbonyl (C=S) groups is 1. The van der Waals surface area contributed by atoms with Crippen LogP contribution in [0.5, 0.6) is 5.75 Å². The highest BCUT2D eigenvalue weighted by Gasteiger charge is 2.36. The topological polar surface area (TPSA) is 102 Å². The number of nitro benzene ring substituents is 1. The minimum absolute atomic E-state index is 0.0793. The number of methoxy groups -OCH3 is 1. The second kappa shape index (κ2) is 8.84. The third-order valence-electron chi connectivity index (χ3n) is 4.03. The summed E-state index contributed by atoms with van der Waals surface area (Å²) in [7, 11) is 1.31. The summed E-state index contributed by atoms with van der Waals surface area (Å²) in [5.41, 5.74) is -0.129. The molecule has 2 aromatic rings. The normalized spacial score (nSPS) is 15.4. The molecule has 0 aromatic heterocycles. The van der Waals surface area contributed by atoms with Crippen LogP contribution < -0.4 is 15.0 Å². The second-order valence-corrected chi connectivity index (χ2v) is 8.18. The van der Waals surface area contributed by atoms with Crippen LogP contribution in [0.15, 0.2) is 35.9 Å². The highest BCUT2D eigenvalue weighted by atomic mass is 127. The number of carbonyl (C=O) groups is 2. The van der Waals surface area contributed by atoms with Crippen molar-refractivity contribution in [1.29, 1.82) is 0 Å². The van der Waals surface area contributed by atoms with E-state index in [0.29, 0.717) is 3.57 Å². The Bertz CT molecular complexity index is 1150. The quantitative estimate of drug-likeness (QED) is 0.145. The predicted octanol–water partition coefficient (Wildman–Crippen LogP) is 4.35. The maximum absolute atomic E-state index is 13.1. The number of anilines is 1. The van der Waals surface area contributed by atoms with Gasteiger partial charge in [-0.1, -0.05) is 29.3 Å². The molecule has 3 rings (SSSR count). The third kappa shape index (κ3) is 4.13. The molecular formula is C18H10Cl2IN3O5S. The molecular weight excluding hydrogens is 568 g/mol. The van der Waals surface area contributed by atoms with Gasteiger partial charge in [-0.15, -0.1) is 0 Å². The van der Waals surface area contributed by atoms with Crippen molar-refractivity contribution in [1.82, 2.24) is 5.32 Å². The molecule has 12 heteroatoms. The summed E-state index contributed by atoms with van der Waals surface area (Å²) in [6.07, 6.45) is 1.24. The number of nitrogens with zero attached hydrogens (tertiary/aromatic N) is 2. The Balaban J connectivity index is 2.12. The lowest BCUT2D eigenvalue weighted by Crippen LogP contribution is -2.54. The van der Waals surface area contributed by atoms with Gasteiger partial charge in [0.05, 0.1) is 31.3 Å². The Morgan fingerprint density at radius 2 is 2.00 bits per heavy atom. The summed E-state index contributed by atoms with van der Waals surface area (Å²) in [6.45, 7) is 0. The van der Waals surface area contributed by atoms with Crippen molar-refractivity contribution in [3.63, 3.8) is 0 Å². The molecule has 1 aliphatic rings. The van der Waals surface area contributed by atoms with E-state index in [1.165, 1.54) is 25.3 Å². The number of halogens is 3. The Morgan fingerprint density at radius 3 is 2.63 bits per heavy atom. The van der Waals surface area contributed by atoms with Crippen LogP contribution in [0.25, 0.3) is 6.08 Å². The van der Waals surface area contributed by atoms with Gasteiger partial charge >= 0.3 is 5.69 Å². The average Bonchev–Trinajstić information content (AvgIpc) is 2.67. The first-order valence-corrected chi connectivity index (χ1v) is 10.3. The molecule has 1 N–H and O–H groups in total. The second-order valence-electron chi connectivity index (χ2n) is 5.84.